The first-order valence-electron chi connectivity index (χ1n) is 16.4. The molecule has 47 heavy (non-hydrogen) atoms. The Kier molecular flexibility index (Phi) is 7.74. The summed E-state index contributed by atoms with van der Waals surface area (Å²) in [7, 11) is 22.0. The van der Waals surface area contributed by atoms with Gasteiger partial charge in [-0.25, -0.2) is 15.0 Å². The summed E-state index contributed by atoms with van der Waals surface area (Å²) in [5, 5.41) is 2.17. The zero-order valence-corrected chi connectivity index (χ0v) is 29.1. The maximum absolute atomic E-state index is 6.43. The summed E-state index contributed by atoms with van der Waals surface area (Å²) < 4.78 is 6.43. The minimum Gasteiger partial charge on any atom is -0.456 e. The number of fused-ring (bicyclic) bond motifs is 3. The van der Waals surface area contributed by atoms with Gasteiger partial charge in [-0.15, -0.1) is 32.8 Å². The molecule has 0 atom stereocenters. The lowest BCUT2D eigenvalue weighted by atomic mass is 9.60. The molecule has 5 aromatic carbocycles. The van der Waals surface area contributed by atoms with Crippen molar-refractivity contribution in [3.63, 3.8) is 0 Å². The van der Waals surface area contributed by atoms with Crippen molar-refractivity contribution in [2.75, 3.05) is 0 Å². The second-order valence-electron chi connectivity index (χ2n) is 13.2. The summed E-state index contributed by atoms with van der Waals surface area (Å²) in [6.45, 7) is 0. The minimum atomic E-state index is 0.640. The third kappa shape index (κ3) is 5.04. The van der Waals surface area contributed by atoms with Crippen LogP contribution in [0.25, 0.3) is 67.2 Å². The molecular formula is C33H31B10N3O. The van der Waals surface area contributed by atoms with Gasteiger partial charge in [-0.2, -0.15) is 0 Å². The normalized spacial score (nSPS) is 11.4. The highest BCUT2D eigenvalue weighted by Gasteiger charge is 2.22. The van der Waals surface area contributed by atoms with E-state index in [0.717, 1.165) is 38.6 Å². The Labute approximate surface area is 285 Å². The second-order valence-corrected chi connectivity index (χ2v) is 13.2. The fourth-order valence-electron chi connectivity index (χ4n) is 7.13. The van der Waals surface area contributed by atoms with Crippen LogP contribution in [0.1, 0.15) is 0 Å². The van der Waals surface area contributed by atoms with Crippen molar-refractivity contribution < 1.29 is 4.42 Å². The Morgan fingerprint density at radius 3 is 1.36 bits per heavy atom. The monoisotopic (exact) mass is 595 g/mol. The van der Waals surface area contributed by atoms with Crippen molar-refractivity contribution in [2.45, 2.75) is 0 Å². The van der Waals surface area contributed by atoms with Crippen LogP contribution in [-0.2, 0) is 0 Å². The lowest BCUT2D eigenvalue weighted by molar-refractivity contribution is 0.669. The Hall–Kier alpha value is -4.44. The molecule has 0 radical (unpaired) electrons. The van der Waals surface area contributed by atoms with Gasteiger partial charge in [0.25, 0.3) is 0 Å². The van der Waals surface area contributed by atoms with Crippen molar-refractivity contribution >= 4 is 155 Å². The van der Waals surface area contributed by atoms with Gasteiger partial charge in [-0.3, -0.25) is 0 Å². The fourth-order valence-corrected chi connectivity index (χ4v) is 7.13. The molecule has 214 valence electrons. The maximum Gasteiger partial charge on any atom is 0.164 e. The highest BCUT2D eigenvalue weighted by atomic mass is 16.3. The number of furan rings is 1. The number of nitrogens with zero attached hydrogens (tertiary/aromatic N) is 3. The Bertz CT molecular complexity index is 2280. The number of aromatic nitrogens is 3. The van der Waals surface area contributed by atoms with E-state index in [0.29, 0.717) is 17.5 Å². The lowest BCUT2D eigenvalue weighted by Gasteiger charge is -2.22. The van der Waals surface area contributed by atoms with E-state index in [9.17, 15) is 0 Å². The number of rotatable bonds is 4. The Morgan fingerprint density at radius 1 is 0.362 bits per heavy atom. The van der Waals surface area contributed by atoms with Crippen LogP contribution >= 0.6 is 0 Å². The standard InChI is InChI=1S/C33H31B10N3O/c34-21-19(22(35)26(39)29(42)25(21)38)32-44-31(45-33(46-32)20-23(36)27(40)30(43)28(41)24(20)37)14-6-8-15-16-10-13(12-4-2-1-3-5-12)7-9-17(16)47-18(15)11-14/h1-11H,34-43H2. The number of hydrogen-bond acceptors (Lipinski definition) is 4. The summed E-state index contributed by atoms with van der Waals surface area (Å²) in [6.07, 6.45) is 0. The van der Waals surface area contributed by atoms with Gasteiger partial charge in [0.1, 0.15) is 89.6 Å². The molecule has 0 saturated carbocycles. The second kappa shape index (κ2) is 11.7. The van der Waals surface area contributed by atoms with E-state index in [-0.39, 0.29) is 0 Å². The summed E-state index contributed by atoms with van der Waals surface area (Å²) in [4.78, 5) is 15.7. The third-order valence-electron chi connectivity index (χ3n) is 10.9. The van der Waals surface area contributed by atoms with Crippen molar-refractivity contribution in [3.8, 4) is 45.3 Å². The molecule has 2 heterocycles. The van der Waals surface area contributed by atoms with Gasteiger partial charge in [0.15, 0.2) is 17.5 Å². The first kappa shape index (κ1) is 31.2. The van der Waals surface area contributed by atoms with E-state index >= 15 is 0 Å². The molecule has 7 aromatic rings. The van der Waals surface area contributed by atoms with Gasteiger partial charge in [-0.05, 0) is 35.4 Å². The number of hydrogen-bond donors (Lipinski definition) is 0. The van der Waals surface area contributed by atoms with Gasteiger partial charge in [0, 0.05) is 27.5 Å². The molecule has 0 aliphatic heterocycles. The van der Waals surface area contributed by atoms with Crippen molar-refractivity contribution in [2.24, 2.45) is 0 Å². The number of benzene rings is 5. The third-order valence-corrected chi connectivity index (χ3v) is 10.9. The maximum atomic E-state index is 6.43. The average Bonchev–Trinajstić information content (AvgIpc) is 3.46. The topological polar surface area (TPSA) is 51.8 Å². The highest BCUT2D eigenvalue weighted by Crippen LogP contribution is 2.34. The molecule has 0 spiro atoms. The molecule has 0 unspecified atom stereocenters. The molecule has 0 aliphatic rings. The lowest BCUT2D eigenvalue weighted by Crippen LogP contribution is -2.55. The summed E-state index contributed by atoms with van der Waals surface area (Å²) in [5.74, 6) is 2.05. The SMILES string of the molecule is Bc1c(B)c(B)c(-c2nc(-c3ccc4c(c3)oc3ccc(-c5ccccc5)cc34)nc(-c3c(B)c(B)c(B)c(B)c3B)n2)c(B)c1B. The quantitative estimate of drug-likeness (QED) is 0.191. The van der Waals surface area contributed by atoms with E-state index in [1.54, 1.807) is 0 Å². The molecule has 0 bridgehead atoms. The Morgan fingerprint density at radius 2 is 0.830 bits per heavy atom. The fraction of sp³-hybridized carbons (Fsp3) is 0. The zero-order valence-electron chi connectivity index (χ0n) is 29.1. The summed E-state index contributed by atoms with van der Waals surface area (Å²) in [5.41, 5.74) is 19.7. The van der Waals surface area contributed by atoms with E-state index in [1.807, 2.05) is 6.07 Å². The van der Waals surface area contributed by atoms with Crippen molar-refractivity contribution in [1.29, 1.82) is 0 Å². The van der Waals surface area contributed by atoms with Gasteiger partial charge in [0.05, 0.1) is 0 Å². The van der Waals surface area contributed by atoms with Crippen LogP contribution in [0.5, 0.6) is 0 Å². The van der Waals surface area contributed by atoms with Crippen molar-refractivity contribution in [3.05, 3.63) is 66.7 Å². The zero-order chi connectivity index (χ0) is 33.3. The molecule has 0 saturated heterocycles. The van der Waals surface area contributed by atoms with E-state index in [1.165, 1.54) is 65.8 Å². The van der Waals surface area contributed by atoms with Crippen LogP contribution in [0, 0.1) is 0 Å². The molecule has 0 amide bonds. The Balaban J connectivity index is 1.47. The first-order valence-corrected chi connectivity index (χ1v) is 16.4. The first-order chi connectivity index (χ1) is 22.5. The van der Waals surface area contributed by atoms with Crippen LogP contribution in [0.3, 0.4) is 0 Å². The molecule has 0 fully saturated rings. The van der Waals surface area contributed by atoms with Gasteiger partial charge in [-0.1, -0.05) is 64.3 Å². The largest absolute Gasteiger partial charge is 0.456 e. The van der Waals surface area contributed by atoms with Crippen LogP contribution in [0.2, 0.25) is 0 Å². The molecule has 0 N–H and O–H groups in total. The predicted molar refractivity (Wildman–Crippen MR) is 231 cm³/mol. The molecule has 7 rings (SSSR count). The van der Waals surface area contributed by atoms with E-state index < -0.39 is 0 Å². The summed E-state index contributed by atoms with van der Waals surface area (Å²) >= 11 is 0. The van der Waals surface area contributed by atoms with Crippen LogP contribution in [0.4, 0.5) is 0 Å². The van der Waals surface area contributed by atoms with Crippen LogP contribution in [-0.4, -0.2) is 93.4 Å². The molecule has 2 aromatic heterocycles. The molecule has 0 aliphatic carbocycles. The molecular weight excluding hydrogens is 563 g/mol. The van der Waals surface area contributed by atoms with Crippen LogP contribution in [0.15, 0.2) is 71.1 Å². The van der Waals surface area contributed by atoms with E-state index in [2.05, 4.69) is 139 Å². The van der Waals surface area contributed by atoms with E-state index in [4.69, 9.17) is 19.4 Å². The van der Waals surface area contributed by atoms with Gasteiger partial charge < -0.3 is 4.42 Å². The predicted octanol–water partition coefficient (Wildman–Crippen LogP) is -8.98. The van der Waals surface area contributed by atoms with Crippen molar-refractivity contribution in [1.82, 2.24) is 15.0 Å². The average molecular weight is 594 g/mol. The molecule has 4 nitrogen and oxygen atoms in total. The highest BCUT2D eigenvalue weighted by molar-refractivity contribution is 6.69. The smallest absolute Gasteiger partial charge is 0.164 e. The minimum absolute atomic E-state index is 0.640. The van der Waals surface area contributed by atoms with Gasteiger partial charge in [0.2, 0.25) is 0 Å². The molecule has 14 heteroatoms. The van der Waals surface area contributed by atoms with Crippen LogP contribution < -0.4 is 54.6 Å². The summed E-state index contributed by atoms with van der Waals surface area (Å²) in [6, 6.07) is 23.2. The van der Waals surface area contributed by atoms with Gasteiger partial charge >= 0.3 is 0 Å².